The van der Waals surface area contributed by atoms with Crippen molar-refractivity contribution in [3.05, 3.63) is 170 Å². The fourth-order valence-electron chi connectivity index (χ4n) is 8.00. The van der Waals surface area contributed by atoms with Crippen molar-refractivity contribution in [2.24, 2.45) is 0 Å². The number of para-hydroxylation sites is 5. The number of rotatable bonds is 4. The van der Waals surface area contributed by atoms with Crippen LogP contribution in [0.4, 0.5) is 17.1 Å². The third-order valence-electron chi connectivity index (χ3n) is 10.1. The van der Waals surface area contributed by atoms with Crippen molar-refractivity contribution < 1.29 is 4.42 Å². The van der Waals surface area contributed by atoms with E-state index in [-0.39, 0.29) is 0 Å². The van der Waals surface area contributed by atoms with Gasteiger partial charge >= 0.3 is 0 Å². The molecule has 0 amide bonds. The van der Waals surface area contributed by atoms with E-state index in [1.165, 1.54) is 47.2 Å². The summed E-state index contributed by atoms with van der Waals surface area (Å²) in [4.78, 5) is 2.45. The summed E-state index contributed by atoms with van der Waals surface area (Å²) in [6.07, 6.45) is 0. The molecule has 8 aromatic carbocycles. The van der Waals surface area contributed by atoms with Crippen LogP contribution in [0, 0.1) is 0 Å². The first-order valence-electron chi connectivity index (χ1n) is 16.9. The average Bonchev–Trinajstić information content (AvgIpc) is 3.85. The molecule has 50 heavy (non-hydrogen) atoms. The van der Waals surface area contributed by atoms with Crippen LogP contribution in [0.1, 0.15) is 0 Å². The number of thiophene rings is 1. The Bertz CT molecular complexity index is 3110. The minimum atomic E-state index is 0.870. The number of fused-ring (bicyclic) bond motifs is 10. The molecule has 0 spiro atoms. The molecule has 0 fully saturated rings. The molecular formula is C46H28N2OS. The molecule has 234 valence electrons. The fraction of sp³-hybridized carbons (Fsp3) is 0. The molecule has 0 aliphatic rings. The van der Waals surface area contributed by atoms with E-state index in [2.05, 4.69) is 173 Å². The number of hydrogen-bond acceptors (Lipinski definition) is 3. The molecule has 0 atom stereocenters. The van der Waals surface area contributed by atoms with Crippen LogP contribution in [0.2, 0.25) is 0 Å². The van der Waals surface area contributed by atoms with Crippen molar-refractivity contribution in [2.75, 3.05) is 4.90 Å². The van der Waals surface area contributed by atoms with E-state index in [0.29, 0.717) is 0 Å². The lowest BCUT2D eigenvalue weighted by molar-refractivity contribution is 0.669. The smallest absolute Gasteiger partial charge is 0.159 e. The molecule has 0 aliphatic carbocycles. The second kappa shape index (κ2) is 10.6. The van der Waals surface area contributed by atoms with Gasteiger partial charge in [0, 0.05) is 47.4 Å². The molecule has 0 saturated heterocycles. The van der Waals surface area contributed by atoms with Crippen molar-refractivity contribution in [2.45, 2.75) is 0 Å². The molecule has 0 radical (unpaired) electrons. The van der Waals surface area contributed by atoms with E-state index in [4.69, 9.17) is 4.42 Å². The second-order valence-corrected chi connectivity index (χ2v) is 14.0. The molecule has 0 unspecified atom stereocenters. The van der Waals surface area contributed by atoms with E-state index in [1.807, 2.05) is 17.4 Å². The van der Waals surface area contributed by atoms with Crippen LogP contribution in [-0.4, -0.2) is 4.57 Å². The maximum atomic E-state index is 6.79. The van der Waals surface area contributed by atoms with Gasteiger partial charge in [-0.1, -0.05) is 109 Å². The predicted octanol–water partition coefficient (Wildman–Crippen LogP) is 13.7. The van der Waals surface area contributed by atoms with E-state index < -0.39 is 0 Å². The predicted molar refractivity (Wildman–Crippen MR) is 213 cm³/mol. The van der Waals surface area contributed by atoms with Gasteiger partial charge in [0.2, 0.25) is 0 Å². The van der Waals surface area contributed by atoms with Gasteiger partial charge in [-0.25, -0.2) is 0 Å². The summed E-state index contributed by atoms with van der Waals surface area (Å²) in [5, 5.41) is 9.65. The average molecular weight is 657 g/mol. The Morgan fingerprint density at radius 2 is 1.12 bits per heavy atom. The number of nitrogens with zero attached hydrogens (tertiary/aromatic N) is 2. The lowest BCUT2D eigenvalue weighted by Crippen LogP contribution is -2.12. The maximum Gasteiger partial charge on any atom is 0.159 e. The molecule has 11 rings (SSSR count). The summed E-state index contributed by atoms with van der Waals surface area (Å²) in [5.74, 6) is 0. The highest BCUT2D eigenvalue weighted by Crippen LogP contribution is 2.50. The second-order valence-electron chi connectivity index (χ2n) is 12.9. The van der Waals surface area contributed by atoms with Crippen molar-refractivity contribution in [1.29, 1.82) is 0 Å². The third-order valence-corrected chi connectivity index (χ3v) is 11.3. The Balaban J connectivity index is 1.32. The Hall–Kier alpha value is -6.36. The van der Waals surface area contributed by atoms with Crippen LogP contribution in [0.3, 0.4) is 0 Å². The van der Waals surface area contributed by atoms with Crippen molar-refractivity contribution in [3.8, 4) is 5.69 Å². The Labute approximate surface area is 291 Å². The van der Waals surface area contributed by atoms with E-state index in [0.717, 1.165) is 50.2 Å². The molecule has 0 aliphatic heterocycles. The summed E-state index contributed by atoms with van der Waals surface area (Å²) >= 11 is 1.86. The van der Waals surface area contributed by atoms with Gasteiger partial charge in [-0.05, 0) is 71.4 Å². The monoisotopic (exact) mass is 656 g/mol. The fourth-order valence-corrected chi connectivity index (χ4v) is 9.16. The van der Waals surface area contributed by atoms with Crippen LogP contribution >= 0.6 is 11.3 Å². The minimum absolute atomic E-state index is 0.870. The molecule has 11 aromatic rings. The summed E-state index contributed by atoms with van der Waals surface area (Å²) in [6.45, 7) is 0. The molecule has 3 nitrogen and oxygen atoms in total. The van der Waals surface area contributed by atoms with Crippen LogP contribution in [0.25, 0.3) is 80.4 Å². The zero-order valence-electron chi connectivity index (χ0n) is 26.9. The lowest BCUT2D eigenvalue weighted by Gasteiger charge is -2.28. The molecule has 3 heterocycles. The van der Waals surface area contributed by atoms with E-state index in [9.17, 15) is 0 Å². The summed E-state index contributed by atoms with van der Waals surface area (Å²) < 4.78 is 11.7. The van der Waals surface area contributed by atoms with Gasteiger partial charge in [-0.15, -0.1) is 11.3 Å². The van der Waals surface area contributed by atoms with Gasteiger partial charge in [0.25, 0.3) is 0 Å². The first-order valence-corrected chi connectivity index (χ1v) is 17.8. The highest BCUT2D eigenvalue weighted by Gasteiger charge is 2.26. The van der Waals surface area contributed by atoms with Gasteiger partial charge in [-0.2, -0.15) is 0 Å². The molecule has 0 saturated carbocycles. The van der Waals surface area contributed by atoms with Gasteiger partial charge in [0.15, 0.2) is 5.58 Å². The molecule has 3 aromatic heterocycles. The summed E-state index contributed by atoms with van der Waals surface area (Å²) in [7, 11) is 0. The zero-order chi connectivity index (χ0) is 32.8. The molecule has 0 N–H and O–H groups in total. The number of aromatic nitrogens is 1. The lowest BCUT2D eigenvalue weighted by atomic mass is 10.0. The largest absolute Gasteiger partial charge is 0.454 e. The first kappa shape index (κ1) is 27.6. The highest BCUT2D eigenvalue weighted by atomic mass is 32.1. The van der Waals surface area contributed by atoms with Gasteiger partial charge < -0.3 is 13.9 Å². The third kappa shape index (κ3) is 3.91. The van der Waals surface area contributed by atoms with Crippen LogP contribution in [-0.2, 0) is 0 Å². The van der Waals surface area contributed by atoms with Gasteiger partial charge in [-0.3, -0.25) is 0 Å². The van der Waals surface area contributed by atoms with Gasteiger partial charge in [0.05, 0.1) is 28.1 Å². The highest BCUT2D eigenvalue weighted by molar-refractivity contribution is 7.26. The normalized spacial score (nSPS) is 12.0. The van der Waals surface area contributed by atoms with Crippen molar-refractivity contribution in [3.63, 3.8) is 0 Å². The standard InChI is InChI=1S/C46H28N2OS/c1-2-15-31(16-3-1)47-37-21-8-6-17-32(37)34-19-10-23-39(45(34)47)48(40-24-11-20-35-33-18-7-9-25-41(33)49-46(35)40)38-22-12-26-42-44(38)36-27-29-13-4-5-14-30(29)28-43(36)50-42/h1-28H. The van der Waals surface area contributed by atoms with Crippen molar-refractivity contribution in [1.82, 2.24) is 4.57 Å². The van der Waals surface area contributed by atoms with E-state index >= 15 is 0 Å². The molecule has 4 heteroatoms. The summed E-state index contributed by atoms with van der Waals surface area (Å²) in [6, 6.07) is 61.2. The number of benzene rings is 8. The molecule has 0 bridgehead atoms. The topological polar surface area (TPSA) is 21.3 Å². The van der Waals surface area contributed by atoms with E-state index in [1.54, 1.807) is 0 Å². The van der Waals surface area contributed by atoms with Gasteiger partial charge in [0.1, 0.15) is 5.58 Å². The Kier molecular flexibility index (Phi) is 5.83. The van der Waals surface area contributed by atoms with Crippen LogP contribution in [0.5, 0.6) is 0 Å². The first-order chi connectivity index (χ1) is 24.8. The number of anilines is 3. The van der Waals surface area contributed by atoms with Crippen molar-refractivity contribution >= 4 is 103 Å². The van der Waals surface area contributed by atoms with Crippen LogP contribution < -0.4 is 4.90 Å². The number of hydrogen-bond donors (Lipinski definition) is 0. The quantitative estimate of drug-likeness (QED) is 0.188. The number of furan rings is 1. The minimum Gasteiger partial charge on any atom is -0.454 e. The Morgan fingerprint density at radius 1 is 0.460 bits per heavy atom. The zero-order valence-corrected chi connectivity index (χ0v) is 27.7. The summed E-state index contributed by atoms with van der Waals surface area (Å²) in [5.41, 5.74) is 8.41. The Morgan fingerprint density at radius 3 is 2.00 bits per heavy atom. The SMILES string of the molecule is c1ccc(-n2c3ccccc3c3cccc(N(c4cccc5c4oc4ccccc45)c4cccc5sc6cc7ccccc7cc6c45)c32)cc1. The van der Waals surface area contributed by atoms with Crippen LogP contribution in [0.15, 0.2) is 174 Å². The maximum absolute atomic E-state index is 6.79. The molecular weight excluding hydrogens is 629 g/mol.